The summed E-state index contributed by atoms with van der Waals surface area (Å²) in [5.74, 6) is 0. The van der Waals surface area contributed by atoms with Crippen molar-refractivity contribution in [2.24, 2.45) is 7.05 Å². The summed E-state index contributed by atoms with van der Waals surface area (Å²) in [7, 11) is -1.96. The minimum atomic E-state index is -3.66. The van der Waals surface area contributed by atoms with Crippen LogP contribution in [-0.2, 0) is 17.1 Å². The van der Waals surface area contributed by atoms with Gasteiger partial charge in [-0.05, 0) is 24.6 Å². The highest BCUT2D eigenvalue weighted by Gasteiger charge is 2.17. The average molecular weight is 286 g/mol. The van der Waals surface area contributed by atoms with E-state index in [1.54, 1.807) is 29.8 Å². The zero-order valence-electron chi connectivity index (χ0n) is 9.88. The Bertz CT molecular complexity index is 679. The van der Waals surface area contributed by atoms with Crippen molar-refractivity contribution in [1.29, 1.82) is 0 Å². The van der Waals surface area contributed by atoms with Crippen LogP contribution in [0.5, 0.6) is 0 Å². The fourth-order valence-electron chi connectivity index (χ4n) is 1.39. The lowest BCUT2D eigenvalue weighted by Crippen LogP contribution is -2.13. The molecule has 7 heteroatoms. The molecule has 1 N–H and O–H groups in total. The van der Waals surface area contributed by atoms with Gasteiger partial charge in [0.2, 0.25) is 0 Å². The van der Waals surface area contributed by atoms with Crippen LogP contribution in [-0.4, -0.2) is 18.0 Å². The summed E-state index contributed by atoms with van der Waals surface area (Å²) >= 11 is 5.94. The number of hydrogen-bond acceptors (Lipinski definition) is 3. The number of sulfonamides is 1. The van der Waals surface area contributed by atoms with E-state index >= 15 is 0 Å². The molecular formula is C11H12ClN3O2S. The second-order valence-electron chi connectivity index (χ2n) is 3.95. The topological polar surface area (TPSA) is 64.0 Å². The van der Waals surface area contributed by atoms with Gasteiger partial charge in [0.1, 0.15) is 0 Å². The van der Waals surface area contributed by atoms with Crippen molar-refractivity contribution in [1.82, 2.24) is 9.55 Å². The van der Waals surface area contributed by atoms with E-state index in [0.29, 0.717) is 10.7 Å². The summed E-state index contributed by atoms with van der Waals surface area (Å²) in [5.41, 5.74) is 1.30. The van der Waals surface area contributed by atoms with E-state index < -0.39 is 10.0 Å². The summed E-state index contributed by atoms with van der Waals surface area (Å²) in [6.07, 6.45) is 2.86. The standard InChI is InChI=1S/C11H12ClN3O2S/c1-8-3-4-9(5-10(8)12)14-18(16,17)11-6-15(2)7-13-11/h3-7,14H,1-2H3. The van der Waals surface area contributed by atoms with Gasteiger partial charge >= 0.3 is 0 Å². The van der Waals surface area contributed by atoms with E-state index in [1.165, 1.54) is 12.5 Å². The number of anilines is 1. The molecule has 2 aromatic rings. The number of aromatic nitrogens is 2. The Labute approximate surface area is 110 Å². The maximum absolute atomic E-state index is 12.0. The third kappa shape index (κ3) is 2.65. The molecule has 0 fully saturated rings. The summed E-state index contributed by atoms with van der Waals surface area (Å²) in [4.78, 5) is 3.80. The van der Waals surface area contributed by atoms with Crippen molar-refractivity contribution in [2.45, 2.75) is 11.9 Å². The predicted molar refractivity (Wildman–Crippen MR) is 70.2 cm³/mol. The van der Waals surface area contributed by atoms with Crippen molar-refractivity contribution in [2.75, 3.05) is 4.72 Å². The van der Waals surface area contributed by atoms with Crippen LogP contribution < -0.4 is 4.72 Å². The maximum Gasteiger partial charge on any atom is 0.280 e. The molecule has 0 spiro atoms. The number of halogens is 1. The maximum atomic E-state index is 12.0. The summed E-state index contributed by atoms with van der Waals surface area (Å²) in [6, 6.07) is 4.97. The van der Waals surface area contributed by atoms with Gasteiger partial charge in [-0.3, -0.25) is 4.72 Å². The Kier molecular flexibility index (Phi) is 3.32. The number of nitrogens with zero attached hydrogens (tertiary/aromatic N) is 2. The third-order valence-corrected chi connectivity index (χ3v) is 4.05. The van der Waals surface area contributed by atoms with Crippen LogP contribution in [0.2, 0.25) is 5.02 Å². The summed E-state index contributed by atoms with van der Waals surface area (Å²) in [6.45, 7) is 1.85. The molecule has 0 saturated heterocycles. The van der Waals surface area contributed by atoms with Gasteiger partial charge in [0.25, 0.3) is 10.0 Å². The van der Waals surface area contributed by atoms with Gasteiger partial charge in [-0.1, -0.05) is 17.7 Å². The number of nitrogens with one attached hydrogen (secondary N) is 1. The molecule has 96 valence electrons. The minimum Gasteiger partial charge on any atom is -0.339 e. The molecule has 2 rings (SSSR count). The predicted octanol–water partition coefficient (Wildman–Crippen LogP) is 2.18. The molecule has 0 saturated carbocycles. The first-order valence-electron chi connectivity index (χ1n) is 5.15. The molecule has 0 aliphatic heterocycles. The third-order valence-electron chi connectivity index (χ3n) is 2.38. The number of rotatable bonds is 3. The molecule has 0 aliphatic rings. The first-order chi connectivity index (χ1) is 8.38. The minimum absolute atomic E-state index is 0.0262. The lowest BCUT2D eigenvalue weighted by atomic mass is 10.2. The van der Waals surface area contributed by atoms with Crippen LogP contribution in [0.3, 0.4) is 0 Å². The quantitative estimate of drug-likeness (QED) is 0.940. The molecule has 0 unspecified atom stereocenters. The Hall–Kier alpha value is -1.53. The van der Waals surface area contributed by atoms with Crippen LogP contribution in [0.25, 0.3) is 0 Å². The first kappa shape index (κ1) is 12.9. The van der Waals surface area contributed by atoms with Gasteiger partial charge in [-0.25, -0.2) is 4.98 Å². The van der Waals surface area contributed by atoms with Crippen LogP contribution in [0.1, 0.15) is 5.56 Å². The number of aryl methyl sites for hydroxylation is 2. The zero-order chi connectivity index (χ0) is 13.3. The molecule has 0 amide bonds. The highest BCUT2D eigenvalue weighted by Crippen LogP contribution is 2.22. The molecule has 1 aromatic carbocycles. The fraction of sp³-hybridized carbons (Fsp3) is 0.182. The normalized spacial score (nSPS) is 11.5. The molecule has 0 aliphatic carbocycles. The van der Waals surface area contributed by atoms with Crippen LogP contribution >= 0.6 is 11.6 Å². The summed E-state index contributed by atoms with van der Waals surface area (Å²) < 4.78 is 28.0. The summed E-state index contributed by atoms with van der Waals surface area (Å²) in [5, 5.41) is 0.484. The van der Waals surface area contributed by atoms with Gasteiger partial charge in [0.05, 0.1) is 12.0 Å². The van der Waals surface area contributed by atoms with Crippen molar-refractivity contribution >= 4 is 27.3 Å². The molecule has 0 bridgehead atoms. The lowest BCUT2D eigenvalue weighted by molar-refractivity contribution is 0.598. The largest absolute Gasteiger partial charge is 0.339 e. The molecule has 1 aromatic heterocycles. The van der Waals surface area contributed by atoms with E-state index in [4.69, 9.17) is 11.6 Å². The van der Waals surface area contributed by atoms with Gasteiger partial charge < -0.3 is 4.57 Å². The second kappa shape index (κ2) is 4.62. The second-order valence-corrected chi connectivity index (χ2v) is 5.98. The smallest absolute Gasteiger partial charge is 0.280 e. The monoisotopic (exact) mass is 285 g/mol. The highest BCUT2D eigenvalue weighted by atomic mass is 35.5. The lowest BCUT2D eigenvalue weighted by Gasteiger charge is -2.07. The Morgan fingerprint density at radius 3 is 2.67 bits per heavy atom. The van der Waals surface area contributed by atoms with E-state index in [-0.39, 0.29) is 5.03 Å². The van der Waals surface area contributed by atoms with Crippen LogP contribution in [0.4, 0.5) is 5.69 Å². The zero-order valence-corrected chi connectivity index (χ0v) is 11.5. The highest BCUT2D eigenvalue weighted by molar-refractivity contribution is 7.92. The van der Waals surface area contributed by atoms with Crippen molar-refractivity contribution in [3.8, 4) is 0 Å². The Balaban J connectivity index is 2.30. The van der Waals surface area contributed by atoms with Crippen LogP contribution in [0, 0.1) is 6.92 Å². The molecule has 5 nitrogen and oxygen atoms in total. The molecule has 18 heavy (non-hydrogen) atoms. The number of imidazole rings is 1. The van der Waals surface area contributed by atoms with Gasteiger partial charge in [-0.15, -0.1) is 0 Å². The van der Waals surface area contributed by atoms with Crippen molar-refractivity contribution in [3.63, 3.8) is 0 Å². The van der Waals surface area contributed by atoms with Crippen molar-refractivity contribution < 1.29 is 8.42 Å². The molecular weight excluding hydrogens is 274 g/mol. The van der Waals surface area contributed by atoms with Gasteiger partial charge in [0.15, 0.2) is 5.03 Å². The van der Waals surface area contributed by atoms with Gasteiger partial charge in [0, 0.05) is 18.3 Å². The Morgan fingerprint density at radius 2 is 2.11 bits per heavy atom. The van der Waals surface area contributed by atoms with E-state index in [1.807, 2.05) is 6.92 Å². The van der Waals surface area contributed by atoms with Crippen LogP contribution in [0.15, 0.2) is 35.7 Å². The molecule has 0 atom stereocenters. The van der Waals surface area contributed by atoms with E-state index in [9.17, 15) is 8.42 Å². The average Bonchev–Trinajstić information content (AvgIpc) is 2.71. The van der Waals surface area contributed by atoms with Crippen molar-refractivity contribution in [3.05, 3.63) is 41.3 Å². The van der Waals surface area contributed by atoms with E-state index in [2.05, 4.69) is 9.71 Å². The van der Waals surface area contributed by atoms with E-state index in [0.717, 1.165) is 5.56 Å². The SMILES string of the molecule is Cc1ccc(NS(=O)(=O)c2cn(C)cn2)cc1Cl. The first-order valence-corrected chi connectivity index (χ1v) is 7.01. The number of hydrogen-bond donors (Lipinski definition) is 1. The van der Waals surface area contributed by atoms with Gasteiger partial charge in [-0.2, -0.15) is 8.42 Å². The molecule has 1 heterocycles. The fourth-order valence-corrected chi connectivity index (χ4v) is 2.60. The Morgan fingerprint density at radius 1 is 1.39 bits per heavy atom. The molecule has 0 radical (unpaired) electrons. The number of benzene rings is 1.